The summed E-state index contributed by atoms with van der Waals surface area (Å²) in [7, 11) is -36.6. The molecule has 0 bridgehead atoms. The van der Waals surface area contributed by atoms with Crippen LogP contribution in [-0.4, -0.2) is 373 Å². The van der Waals surface area contributed by atoms with Gasteiger partial charge < -0.3 is 139 Å². The van der Waals surface area contributed by atoms with Crippen LogP contribution in [0.1, 0.15) is 51.4 Å². The quantitative estimate of drug-likeness (QED) is 0.0145. The van der Waals surface area contributed by atoms with Gasteiger partial charge >= 0.3 is 31.2 Å². The first-order valence-corrected chi connectivity index (χ1v) is 43.9. The van der Waals surface area contributed by atoms with Crippen molar-refractivity contribution in [1.29, 1.82) is 0 Å². The summed E-state index contributed by atoms with van der Waals surface area (Å²) in [4.78, 5) is 39.2. The highest BCUT2D eigenvalue weighted by molar-refractivity contribution is 8.00. The molecule has 7 aliphatic rings. The van der Waals surface area contributed by atoms with Crippen LogP contribution in [0.15, 0.2) is 15.0 Å². The predicted octanol–water partition coefficient (Wildman–Crippen LogP) is -12.6. The van der Waals surface area contributed by atoms with Crippen molar-refractivity contribution >= 4 is 114 Å². The zero-order valence-corrected chi connectivity index (χ0v) is 67.4. The second-order valence-corrected chi connectivity index (χ2v) is 33.9. The minimum absolute atomic E-state index is 0.0180. The van der Waals surface area contributed by atoms with E-state index in [1.54, 1.807) is 11.8 Å². The van der Waals surface area contributed by atoms with Crippen LogP contribution in [-0.2, 0) is 187 Å². The summed E-state index contributed by atoms with van der Waals surface area (Å²) >= 11 is 1.70. The molecule has 116 heavy (non-hydrogen) atoms. The van der Waals surface area contributed by atoms with Gasteiger partial charge in [-0.15, -0.1) is 0 Å². The van der Waals surface area contributed by atoms with Gasteiger partial charge in [-0.05, 0) is 50.3 Å². The molecule has 0 unspecified atom stereocenters. The van der Waals surface area contributed by atoms with E-state index in [-0.39, 0.29) is 61.5 Å². The summed E-state index contributed by atoms with van der Waals surface area (Å²) in [5.74, 6) is -5.51. The lowest BCUT2D eigenvalue weighted by Crippen LogP contribution is -2.70. The molecule has 0 saturated carbocycles. The average Bonchev–Trinajstić information content (AvgIpc) is 0.845. The molecule has 0 aromatic heterocycles. The second-order valence-electron chi connectivity index (χ2n) is 25.4. The van der Waals surface area contributed by atoms with Gasteiger partial charge in [-0.25, -0.2) is 46.2 Å². The predicted molar refractivity (Wildman–Crippen MR) is 350 cm³/mol. The van der Waals surface area contributed by atoms with E-state index < -0.39 is 264 Å². The Labute approximate surface area is 666 Å². The molecule has 0 aromatic carbocycles. The Hall–Kier alpha value is -4.05. The number of aliphatic carboxylic acids is 2. The number of carboxylic acid groups (broad SMARTS) is 2. The Morgan fingerprint density at radius 3 is 1.28 bits per heavy atom. The molecule has 55 nitrogen and oxygen atoms in total. The molecule has 63 heteroatoms. The van der Waals surface area contributed by atoms with Crippen LogP contribution >= 0.6 is 11.8 Å². The van der Waals surface area contributed by atoms with E-state index in [1.165, 1.54) is 0 Å². The Balaban J connectivity index is 1.20. The zero-order chi connectivity index (χ0) is 86.5. The highest BCUT2D eigenvalue weighted by atomic mass is 32.3. The van der Waals surface area contributed by atoms with E-state index >= 15 is 0 Å². The number of carbonyl (C=O) groups excluding carboxylic acids is 2. The topological polar surface area (TPSA) is 803 Å². The van der Waals surface area contributed by atoms with E-state index in [0.29, 0.717) is 40.6 Å². The van der Waals surface area contributed by atoms with Crippen molar-refractivity contribution in [2.24, 2.45) is 15.0 Å². The Bertz CT molecular complexity index is 4190. The van der Waals surface area contributed by atoms with Gasteiger partial charge in [0.15, 0.2) is 43.7 Å². The van der Waals surface area contributed by atoms with Crippen LogP contribution in [0.2, 0.25) is 0 Å². The highest BCUT2D eigenvalue weighted by Crippen LogP contribution is 2.42. The van der Waals surface area contributed by atoms with Gasteiger partial charge in [0.2, 0.25) is 41.6 Å². The summed E-state index contributed by atoms with van der Waals surface area (Å²) in [6.07, 6.45) is -59.1. The molecule has 0 aromatic rings. The van der Waals surface area contributed by atoms with Gasteiger partial charge in [0.25, 0.3) is 0 Å². The van der Waals surface area contributed by atoms with E-state index in [9.17, 15) is 126 Å². The number of rotatable bonds is 46. The fourth-order valence-electron chi connectivity index (χ4n) is 13.4. The summed E-state index contributed by atoms with van der Waals surface area (Å²) in [6.45, 7) is -4.73. The highest BCUT2D eigenvalue weighted by Gasteiger charge is 2.62. The molecular formula is C53H79N4O51S8-9. The lowest BCUT2D eigenvalue weighted by molar-refractivity contribution is -0.398. The molecule has 6 fully saturated rings. The van der Waals surface area contributed by atoms with Crippen molar-refractivity contribution < 1.29 is 231 Å². The first-order valence-electron chi connectivity index (χ1n) is 33.4. The van der Waals surface area contributed by atoms with Crippen LogP contribution in [0.4, 0.5) is 0 Å². The van der Waals surface area contributed by atoms with E-state index in [0.717, 1.165) is 40.6 Å². The summed E-state index contributed by atoms with van der Waals surface area (Å²) in [5.41, 5.74) is 0. The van der Waals surface area contributed by atoms with E-state index in [2.05, 4.69) is 41.2 Å². The molecule has 7 aliphatic heterocycles. The second kappa shape index (κ2) is 42.4. The number of hydrogen-bond acceptors (Lipinski definition) is 53. The molecule has 6 saturated heterocycles. The van der Waals surface area contributed by atoms with Crippen molar-refractivity contribution in [2.75, 3.05) is 81.9 Å². The minimum atomic E-state index is -6.31. The number of aliphatic imine (C=N–C) groups is 3. The van der Waals surface area contributed by atoms with E-state index in [1.807, 2.05) is 0 Å². The van der Waals surface area contributed by atoms with Crippen LogP contribution in [0.3, 0.4) is 0 Å². The molecule has 674 valence electrons. The maximum Gasteiger partial charge on any atom is 0.397 e. The van der Waals surface area contributed by atoms with Gasteiger partial charge in [-0.3, -0.25) is 40.4 Å². The summed E-state index contributed by atoms with van der Waals surface area (Å²) in [6, 6.07) is -2.34. The molecule has 0 aliphatic carbocycles. The van der Waals surface area contributed by atoms with Crippen molar-refractivity contribution in [3.63, 3.8) is 0 Å². The van der Waals surface area contributed by atoms with Gasteiger partial charge in [0.1, 0.15) is 110 Å². The molecule has 0 amide bonds. The number of nitrogens with zero attached hydrogens (tertiary/aromatic N) is 3. The maximum atomic E-state index is 13.9. The van der Waals surface area contributed by atoms with Crippen molar-refractivity contribution in [1.82, 2.24) is 5.32 Å². The third kappa shape index (κ3) is 28.8. The zero-order valence-electron chi connectivity index (χ0n) is 60.9. The molecule has 7 heterocycles. The van der Waals surface area contributed by atoms with Crippen LogP contribution in [0, 0.1) is 0 Å². The monoisotopic (exact) mass is 1840 g/mol. The normalized spacial score (nSPS) is 36.0. The number of ether oxygens (including phenoxy) is 16. The average molecular weight is 1840 g/mol. The third-order valence-corrected chi connectivity index (χ3v) is 22.6. The fraction of sp³-hybridized carbons (Fsp3) is 0.906. The van der Waals surface area contributed by atoms with Crippen LogP contribution in [0.5, 0.6) is 0 Å². The first kappa shape index (κ1) is 99.1. The largest absolute Gasteiger partial charge is 0.862 e. The smallest absolute Gasteiger partial charge is 0.397 e. The molecule has 7 rings (SSSR count). The van der Waals surface area contributed by atoms with Crippen LogP contribution < -0.4 is 30.8 Å². The number of fused-ring (bicyclic) bond motifs is 1. The van der Waals surface area contributed by atoms with Crippen molar-refractivity contribution in [3.8, 4) is 0 Å². The lowest BCUT2D eigenvalue weighted by Gasteiger charge is -2.52. The Morgan fingerprint density at radius 1 is 0.448 bits per heavy atom. The molecule has 28 atom stereocenters. The number of thioether (sulfide) groups is 1. The number of unbranched alkanes of at least 4 members (excludes halogenated alkanes) is 3. The summed E-state index contributed by atoms with van der Waals surface area (Å²) in [5, 5.41) is 67.9. The first-order chi connectivity index (χ1) is 53.9. The van der Waals surface area contributed by atoms with Crippen molar-refractivity contribution in [2.45, 2.75) is 222 Å². The van der Waals surface area contributed by atoms with Gasteiger partial charge in [-0.1, -0.05) is 12.8 Å². The van der Waals surface area contributed by atoms with Gasteiger partial charge in [0.05, 0.1) is 43.8 Å². The van der Waals surface area contributed by atoms with Crippen LogP contribution in [0.25, 0.3) is 0 Å². The fourth-order valence-corrected chi connectivity index (χ4v) is 17.7. The number of carbonyl (C=O) groups is 2. The number of amidine groups is 1. The number of nitrogens with one attached hydrogen (secondary N) is 1. The number of methoxy groups -OCH3 is 7. The lowest BCUT2D eigenvalue weighted by atomic mass is 9.94. The molecule has 4 N–H and O–H groups in total. The Kier molecular flexibility index (Phi) is 36.2. The molecule has 0 radical (unpaired) electrons. The molecule has 0 spiro atoms. The summed E-state index contributed by atoms with van der Waals surface area (Å²) < 4.78 is 372. The van der Waals surface area contributed by atoms with E-state index in [4.69, 9.17) is 84.2 Å². The van der Waals surface area contributed by atoms with Gasteiger partial charge in [-0.2, -0.15) is 37.0 Å². The number of carboxylic acids is 2. The Morgan fingerprint density at radius 2 is 0.845 bits per heavy atom. The number of hydrogen-bond donors (Lipinski definition) is 4. The standard InChI is InChI=1S/C53H88N4O51S8/c1-86-30-22(17-93-110(65,66)67)96-48(29(33(30)87-2)56-27(59)15-9-8-12-16-54-26(58)14-11-10-13-25-28-21(20-109-25)55-53(64)57-28)101-36-34(88-3)42(90-5)50(103-40(36)46(60)61)100-32-24(19-95-112(71,72)73)98-52(45(108-116(83,84)85)39(32)106-114(77,78)79)102-37-35(89-4)43(91-6)51(104-41(37)47(62)63)99-31-23(18-94-111(68,69)70)97-49(92-7)44(107-115(80,81)82)38(31)105-113(74,75)76/h21-25,28-45,48-52H,8-20H2,1-7H3,(H,54,58)(H,56,59)(H,60,61)(H,62,63)(H2,55,57,64)(H,65,66,67)(H,68,69,70)(H,71,72,73)(H,74,75,76)(H,77,78,79)(H,80,81,82)(H,83,84,85)/p-9/t21-,22+,23+,24+,25-,28-,29+,30+,31+,32+,33+,34-,35-,36-,37-,38-,39-,40-,41+,42+,43+,44+,45+,48+,49-,50+,51+,52+/m0/s1. The molecular weight excluding hydrogens is 1770 g/mol. The maximum absolute atomic E-state index is 13.9. The van der Waals surface area contributed by atoms with Gasteiger partial charge in [0, 0.05) is 73.3 Å². The SMILES string of the molecule is CO[C@H]1O[C@H](COS(=O)(=O)[O-])[C@@H](O[C@@H]2O[C@@H](C(=O)[O-])[C@@H](O[C@H]3O[C@H](COS(=O)(=O)[O-])[C@@H](O[C@@H]4O[C@H](C(=O)[O-])[C@@H](O[C@H]5O[C@H](COS(=O)(=O)[O-])[C@@H](OC)[C@H](OC)[C@H]5N=C([O-])CCCCCN=C([O-])CCCC[C@@H]5SC[C@@H]6NC([O-])=N[C@@H]65)[C@H](OC)[C@H]4OC)[C@H](OS(=O)(=O)O)[C@H]3OS(=O)(=O)O)[C@H](OC)[C@H]2OC)[C@H](OS(=O)(=O)[O-])[C@H]1OS(=O)(=O)O. The minimum Gasteiger partial charge on any atom is -0.862 e. The third-order valence-electron chi connectivity index (χ3n) is 18.0. The van der Waals surface area contributed by atoms with Crippen molar-refractivity contribution in [3.05, 3.63) is 0 Å².